The zero-order valence-electron chi connectivity index (χ0n) is 20.5. The molecule has 0 radical (unpaired) electrons. The molecule has 0 N–H and O–H groups in total. The van der Waals surface area contributed by atoms with Crippen molar-refractivity contribution in [3.8, 4) is 5.75 Å². The van der Waals surface area contributed by atoms with Crippen molar-refractivity contribution in [3.05, 3.63) is 59.7 Å². The van der Waals surface area contributed by atoms with Crippen LogP contribution in [-0.4, -0.2) is 43.0 Å². The maximum atomic E-state index is 13.5. The molecule has 34 heavy (non-hydrogen) atoms. The van der Waals surface area contributed by atoms with Crippen LogP contribution in [0.5, 0.6) is 5.75 Å². The predicted octanol–water partition coefficient (Wildman–Crippen LogP) is 5.12. The Morgan fingerprint density at radius 3 is 2.41 bits per heavy atom. The molecule has 6 nitrogen and oxygen atoms in total. The van der Waals surface area contributed by atoms with E-state index in [2.05, 4.69) is 0 Å². The molecule has 2 aliphatic rings. The molecule has 1 saturated carbocycles. The summed E-state index contributed by atoms with van der Waals surface area (Å²) in [5, 5.41) is 0. The molecule has 1 unspecified atom stereocenters. The lowest BCUT2D eigenvalue weighted by Gasteiger charge is -2.35. The molecule has 1 spiro atoms. The molecule has 1 aliphatic carbocycles. The van der Waals surface area contributed by atoms with Crippen molar-refractivity contribution in [1.82, 2.24) is 4.90 Å². The molecular weight excluding hydrogens is 448 g/mol. The van der Waals surface area contributed by atoms with Crippen LogP contribution in [0.3, 0.4) is 0 Å². The smallest absolute Gasteiger partial charge is 0.256 e. The van der Waals surface area contributed by atoms with Crippen LogP contribution < -0.4 is 4.74 Å². The monoisotopic (exact) mass is 482 g/mol. The van der Waals surface area contributed by atoms with E-state index < -0.39 is 15.4 Å². The van der Waals surface area contributed by atoms with Crippen LogP contribution in [0.2, 0.25) is 0 Å². The van der Waals surface area contributed by atoms with Gasteiger partial charge in [0.25, 0.3) is 5.91 Å². The molecule has 0 saturated heterocycles. The molecule has 2 aromatic rings. The number of hydrogen-bond acceptors (Lipinski definition) is 5. The molecule has 1 fully saturated rings. The van der Waals surface area contributed by atoms with E-state index in [4.69, 9.17) is 9.73 Å². The highest BCUT2D eigenvalue weighted by molar-refractivity contribution is 7.91. The summed E-state index contributed by atoms with van der Waals surface area (Å²) in [6.07, 6.45) is 2.52. The van der Waals surface area contributed by atoms with E-state index in [1.165, 1.54) is 0 Å². The van der Waals surface area contributed by atoms with Crippen molar-refractivity contribution in [2.75, 3.05) is 12.4 Å². The first-order valence-corrected chi connectivity index (χ1v) is 13.7. The minimum absolute atomic E-state index is 0.0198. The lowest BCUT2D eigenvalue weighted by molar-refractivity contribution is -0.134. The van der Waals surface area contributed by atoms with Gasteiger partial charge in [0, 0.05) is 0 Å². The first kappa shape index (κ1) is 24.5. The molecule has 1 atom stereocenters. The van der Waals surface area contributed by atoms with Gasteiger partial charge in [-0.25, -0.2) is 8.42 Å². The van der Waals surface area contributed by atoms with Crippen LogP contribution in [0, 0.1) is 12.8 Å². The highest BCUT2D eigenvalue weighted by Crippen LogP contribution is 2.42. The summed E-state index contributed by atoms with van der Waals surface area (Å²) in [7, 11) is -3.42. The van der Waals surface area contributed by atoms with E-state index in [-0.39, 0.29) is 23.6 Å². The van der Waals surface area contributed by atoms with E-state index in [0.29, 0.717) is 42.9 Å². The molecule has 1 aliphatic heterocycles. The molecule has 1 heterocycles. The summed E-state index contributed by atoms with van der Waals surface area (Å²) in [4.78, 5) is 20.5. The van der Waals surface area contributed by atoms with Gasteiger partial charge in [0.15, 0.2) is 9.84 Å². The second kappa shape index (κ2) is 9.53. The van der Waals surface area contributed by atoms with Gasteiger partial charge in [-0.15, -0.1) is 0 Å². The predicted molar refractivity (Wildman–Crippen MR) is 134 cm³/mol. The number of hydrogen-bond donors (Lipinski definition) is 0. The molecule has 0 aromatic heterocycles. The normalized spacial score (nSPS) is 23.8. The Labute approximate surface area is 203 Å². The third kappa shape index (κ3) is 4.63. The molecule has 182 valence electrons. The quantitative estimate of drug-likeness (QED) is 0.549. The van der Waals surface area contributed by atoms with Crippen LogP contribution in [0.25, 0.3) is 0 Å². The Morgan fingerprint density at radius 2 is 1.79 bits per heavy atom. The summed E-state index contributed by atoms with van der Waals surface area (Å²) < 4.78 is 31.7. The Morgan fingerprint density at radius 1 is 1.12 bits per heavy atom. The first-order valence-electron chi connectivity index (χ1n) is 12.1. The summed E-state index contributed by atoms with van der Waals surface area (Å²) in [6, 6.07) is 15.0. The lowest BCUT2D eigenvalue weighted by atomic mass is 9.77. The summed E-state index contributed by atoms with van der Waals surface area (Å²) in [5.74, 6) is 1.62. The van der Waals surface area contributed by atoms with Crippen molar-refractivity contribution >= 4 is 21.6 Å². The van der Waals surface area contributed by atoms with Gasteiger partial charge in [-0.2, -0.15) is 0 Å². The van der Waals surface area contributed by atoms with Crippen LogP contribution in [0.4, 0.5) is 0 Å². The Kier molecular flexibility index (Phi) is 6.85. The SMILES string of the molecule is CCOc1ccc(S(=O)(=O)CC2CCC3(CC2)N=C(C)N(C(C)c2ccccc2)C3=O)cc1C. The Hall–Kier alpha value is -2.67. The van der Waals surface area contributed by atoms with Gasteiger partial charge in [0.05, 0.1) is 23.3 Å². The number of rotatable bonds is 7. The van der Waals surface area contributed by atoms with Crippen molar-refractivity contribution < 1.29 is 17.9 Å². The number of carbonyl (C=O) groups is 1. The number of aryl methyl sites for hydroxylation is 1. The average molecular weight is 483 g/mol. The van der Waals surface area contributed by atoms with E-state index in [1.54, 1.807) is 18.2 Å². The van der Waals surface area contributed by atoms with Crippen LogP contribution in [0.1, 0.15) is 63.6 Å². The van der Waals surface area contributed by atoms with Crippen molar-refractivity contribution in [1.29, 1.82) is 0 Å². The molecule has 2 aromatic carbocycles. The molecule has 7 heteroatoms. The third-order valence-corrected chi connectivity index (χ3v) is 9.09. The fraction of sp³-hybridized carbons (Fsp3) is 0.481. The zero-order chi connectivity index (χ0) is 24.5. The van der Waals surface area contributed by atoms with E-state index >= 15 is 0 Å². The maximum Gasteiger partial charge on any atom is 0.256 e. The van der Waals surface area contributed by atoms with Gasteiger partial charge in [0.2, 0.25) is 0 Å². The van der Waals surface area contributed by atoms with Crippen LogP contribution in [-0.2, 0) is 14.6 Å². The van der Waals surface area contributed by atoms with Gasteiger partial charge in [-0.3, -0.25) is 14.7 Å². The van der Waals surface area contributed by atoms with Gasteiger partial charge >= 0.3 is 0 Å². The van der Waals surface area contributed by atoms with E-state index in [0.717, 1.165) is 17.0 Å². The first-order chi connectivity index (χ1) is 16.2. The topological polar surface area (TPSA) is 76.0 Å². The average Bonchev–Trinajstić information content (AvgIpc) is 3.06. The number of amides is 1. The number of sulfone groups is 1. The van der Waals surface area contributed by atoms with Gasteiger partial charge in [-0.05, 0) is 88.6 Å². The highest BCUT2D eigenvalue weighted by atomic mass is 32.2. The Bertz CT molecular complexity index is 1180. The molecular formula is C27H34N2O4S. The number of nitrogens with zero attached hydrogens (tertiary/aromatic N) is 2. The van der Waals surface area contributed by atoms with Crippen LogP contribution in [0.15, 0.2) is 58.4 Å². The summed E-state index contributed by atoms with van der Waals surface area (Å²) in [5.41, 5.74) is 1.15. The summed E-state index contributed by atoms with van der Waals surface area (Å²) in [6.45, 7) is 8.24. The summed E-state index contributed by atoms with van der Waals surface area (Å²) >= 11 is 0. The zero-order valence-corrected chi connectivity index (χ0v) is 21.3. The molecule has 1 amide bonds. The Balaban J connectivity index is 1.43. The maximum absolute atomic E-state index is 13.5. The van der Waals surface area contributed by atoms with Crippen molar-refractivity contribution in [2.24, 2.45) is 10.9 Å². The minimum atomic E-state index is -3.42. The van der Waals surface area contributed by atoms with E-state index in [9.17, 15) is 13.2 Å². The largest absolute Gasteiger partial charge is 0.494 e. The van der Waals surface area contributed by atoms with Gasteiger partial charge < -0.3 is 4.74 Å². The molecule has 0 bridgehead atoms. The van der Waals surface area contributed by atoms with Crippen LogP contribution >= 0.6 is 0 Å². The fourth-order valence-corrected chi connectivity index (χ4v) is 7.08. The van der Waals surface area contributed by atoms with Gasteiger partial charge in [0.1, 0.15) is 17.1 Å². The number of ether oxygens (including phenoxy) is 1. The second-order valence-corrected chi connectivity index (χ2v) is 11.6. The standard InChI is InChI=1S/C27H34N2O4S/c1-5-33-25-12-11-24(17-19(25)2)34(31,32)18-22-13-15-27(16-14-22)26(30)29(21(4)28-27)20(3)23-9-7-6-8-10-23/h6-12,17,20,22H,5,13-16,18H2,1-4H3. The highest BCUT2D eigenvalue weighted by Gasteiger charge is 2.50. The number of amidine groups is 1. The molecule has 4 rings (SSSR count). The van der Waals surface area contributed by atoms with Crippen molar-refractivity contribution in [2.45, 2.75) is 69.9 Å². The minimum Gasteiger partial charge on any atom is -0.494 e. The second-order valence-electron chi connectivity index (χ2n) is 9.54. The number of benzene rings is 2. The fourth-order valence-electron chi connectivity index (χ4n) is 5.31. The number of aliphatic imine (C=N–C) groups is 1. The van der Waals surface area contributed by atoms with E-state index in [1.807, 2.05) is 62.9 Å². The van der Waals surface area contributed by atoms with Crippen molar-refractivity contribution in [3.63, 3.8) is 0 Å². The lowest BCUT2D eigenvalue weighted by Crippen LogP contribution is -2.45. The number of carbonyl (C=O) groups excluding carboxylic acids is 1. The van der Waals surface area contributed by atoms with Gasteiger partial charge in [-0.1, -0.05) is 30.3 Å². The third-order valence-electron chi connectivity index (χ3n) is 7.20.